The molecule has 0 saturated heterocycles. The zero-order valence-corrected chi connectivity index (χ0v) is 18.3. The Kier molecular flexibility index (Phi) is 9.40. The van der Waals surface area contributed by atoms with Crippen molar-refractivity contribution in [3.63, 3.8) is 0 Å². The van der Waals surface area contributed by atoms with E-state index in [1.54, 1.807) is 13.3 Å². The molecular formula is C20H29IN4O. The van der Waals surface area contributed by atoms with Crippen LogP contribution in [0.5, 0.6) is 5.88 Å². The fourth-order valence-corrected chi connectivity index (χ4v) is 2.53. The summed E-state index contributed by atoms with van der Waals surface area (Å²) in [6.07, 6.45) is 1.72. The van der Waals surface area contributed by atoms with Crippen molar-refractivity contribution in [2.24, 2.45) is 4.99 Å². The lowest BCUT2D eigenvalue weighted by Gasteiger charge is -2.26. The number of pyridine rings is 1. The van der Waals surface area contributed by atoms with Gasteiger partial charge in [0.15, 0.2) is 5.96 Å². The molecule has 0 radical (unpaired) electrons. The van der Waals surface area contributed by atoms with Crippen LogP contribution in [0.15, 0.2) is 53.7 Å². The summed E-state index contributed by atoms with van der Waals surface area (Å²) in [6.45, 7) is 8.61. The normalized spacial score (nSPS) is 11.5. The Morgan fingerprint density at radius 3 is 2.50 bits per heavy atom. The van der Waals surface area contributed by atoms with Gasteiger partial charge in [0, 0.05) is 30.3 Å². The number of ether oxygens (including phenoxy) is 1. The maximum Gasteiger partial charge on any atom is 0.218 e. The Morgan fingerprint density at radius 2 is 1.85 bits per heavy atom. The van der Waals surface area contributed by atoms with Crippen molar-refractivity contribution in [3.05, 3.63) is 59.8 Å². The first-order valence-corrected chi connectivity index (χ1v) is 8.62. The number of hydrogen-bond donors (Lipinski definition) is 2. The molecule has 1 aromatic carbocycles. The lowest BCUT2D eigenvalue weighted by Crippen LogP contribution is -2.43. The first-order chi connectivity index (χ1) is 12.1. The highest BCUT2D eigenvalue weighted by molar-refractivity contribution is 14.0. The van der Waals surface area contributed by atoms with Gasteiger partial charge in [-0.2, -0.15) is 0 Å². The lowest BCUT2D eigenvalue weighted by molar-refractivity contribution is 0.392. The number of nitrogens with zero attached hydrogens (tertiary/aromatic N) is 2. The number of rotatable bonds is 7. The molecule has 0 spiro atoms. The number of aromatic nitrogens is 1. The van der Waals surface area contributed by atoms with Crippen LogP contribution in [0.3, 0.4) is 0 Å². The number of halogens is 1. The smallest absolute Gasteiger partial charge is 0.218 e. The molecule has 1 heterocycles. The van der Waals surface area contributed by atoms with Crippen LogP contribution >= 0.6 is 24.0 Å². The van der Waals surface area contributed by atoms with Gasteiger partial charge in [0.25, 0.3) is 0 Å². The molecule has 6 heteroatoms. The van der Waals surface area contributed by atoms with Crippen molar-refractivity contribution in [2.75, 3.05) is 20.2 Å². The highest BCUT2D eigenvalue weighted by Crippen LogP contribution is 2.21. The molecule has 0 aliphatic heterocycles. The molecule has 26 heavy (non-hydrogen) atoms. The van der Waals surface area contributed by atoms with E-state index in [4.69, 9.17) is 4.74 Å². The van der Waals surface area contributed by atoms with E-state index in [-0.39, 0.29) is 29.4 Å². The topological polar surface area (TPSA) is 58.5 Å². The van der Waals surface area contributed by atoms with E-state index in [1.807, 2.05) is 18.2 Å². The van der Waals surface area contributed by atoms with Crippen LogP contribution in [0.25, 0.3) is 0 Å². The Morgan fingerprint density at radius 1 is 1.12 bits per heavy atom. The molecule has 5 nitrogen and oxygen atoms in total. The van der Waals surface area contributed by atoms with Gasteiger partial charge < -0.3 is 15.4 Å². The molecule has 142 valence electrons. The van der Waals surface area contributed by atoms with Gasteiger partial charge >= 0.3 is 0 Å². The molecule has 2 N–H and O–H groups in total. The van der Waals surface area contributed by atoms with Crippen molar-refractivity contribution < 1.29 is 4.74 Å². The SMILES string of the molecule is CCNC(=NCc1cccnc1OC)NCC(C)(C)c1ccccc1.I. The molecule has 0 bridgehead atoms. The van der Waals surface area contributed by atoms with Crippen LogP contribution in [0, 0.1) is 0 Å². The van der Waals surface area contributed by atoms with Crippen molar-refractivity contribution >= 4 is 29.9 Å². The van der Waals surface area contributed by atoms with E-state index in [1.165, 1.54) is 5.56 Å². The molecule has 0 unspecified atom stereocenters. The Labute approximate surface area is 173 Å². The molecular weight excluding hydrogens is 439 g/mol. The summed E-state index contributed by atoms with van der Waals surface area (Å²) in [7, 11) is 1.63. The fourth-order valence-electron chi connectivity index (χ4n) is 2.53. The van der Waals surface area contributed by atoms with Crippen LogP contribution in [0.2, 0.25) is 0 Å². The van der Waals surface area contributed by atoms with E-state index < -0.39 is 0 Å². The standard InChI is InChI=1S/C20H28N4O.HI/c1-5-21-19(23-14-16-10-9-13-22-18(16)25-4)24-15-20(2,3)17-11-7-6-8-12-17;/h6-13H,5,14-15H2,1-4H3,(H2,21,23,24);1H. The number of hydrogen-bond acceptors (Lipinski definition) is 3. The molecule has 0 atom stereocenters. The minimum absolute atomic E-state index is 0. The zero-order valence-electron chi connectivity index (χ0n) is 16.0. The third kappa shape index (κ3) is 6.48. The predicted octanol–water partition coefficient (Wildman–Crippen LogP) is 3.74. The maximum atomic E-state index is 5.29. The van der Waals surface area contributed by atoms with Gasteiger partial charge in [0.05, 0.1) is 13.7 Å². The van der Waals surface area contributed by atoms with Crippen LogP contribution in [-0.2, 0) is 12.0 Å². The van der Waals surface area contributed by atoms with E-state index >= 15 is 0 Å². The number of aliphatic imine (C=N–C) groups is 1. The summed E-state index contributed by atoms with van der Waals surface area (Å²) in [5, 5.41) is 6.74. The zero-order chi connectivity index (χ0) is 18.1. The van der Waals surface area contributed by atoms with Crippen molar-refractivity contribution in [3.8, 4) is 5.88 Å². The Bertz CT molecular complexity index is 689. The summed E-state index contributed by atoms with van der Waals surface area (Å²) in [6, 6.07) is 14.4. The number of methoxy groups -OCH3 is 1. The van der Waals surface area contributed by atoms with E-state index in [2.05, 4.69) is 65.6 Å². The summed E-state index contributed by atoms with van der Waals surface area (Å²) in [5.41, 5.74) is 2.26. The van der Waals surface area contributed by atoms with Crippen LogP contribution in [0.4, 0.5) is 0 Å². The van der Waals surface area contributed by atoms with Gasteiger partial charge in [0.1, 0.15) is 0 Å². The summed E-state index contributed by atoms with van der Waals surface area (Å²) >= 11 is 0. The highest BCUT2D eigenvalue weighted by atomic mass is 127. The van der Waals surface area contributed by atoms with Gasteiger partial charge in [0.2, 0.25) is 5.88 Å². The molecule has 2 aromatic rings. The van der Waals surface area contributed by atoms with Gasteiger partial charge in [-0.3, -0.25) is 0 Å². The summed E-state index contributed by atoms with van der Waals surface area (Å²) < 4.78 is 5.29. The fraction of sp³-hybridized carbons (Fsp3) is 0.400. The second-order valence-corrected chi connectivity index (χ2v) is 6.47. The molecule has 0 amide bonds. The van der Waals surface area contributed by atoms with Crippen molar-refractivity contribution in [2.45, 2.75) is 32.7 Å². The van der Waals surface area contributed by atoms with E-state index in [0.717, 1.165) is 24.6 Å². The van der Waals surface area contributed by atoms with Gasteiger partial charge in [-0.05, 0) is 18.6 Å². The largest absolute Gasteiger partial charge is 0.481 e. The van der Waals surface area contributed by atoms with Gasteiger partial charge in [-0.15, -0.1) is 24.0 Å². The Balaban J connectivity index is 0.00000338. The average Bonchev–Trinajstić information content (AvgIpc) is 2.65. The van der Waals surface area contributed by atoms with Gasteiger partial charge in [-0.25, -0.2) is 9.98 Å². The number of guanidine groups is 1. The monoisotopic (exact) mass is 468 g/mol. The second-order valence-electron chi connectivity index (χ2n) is 6.47. The van der Waals surface area contributed by atoms with Crippen molar-refractivity contribution in [1.82, 2.24) is 15.6 Å². The minimum atomic E-state index is 0. The lowest BCUT2D eigenvalue weighted by atomic mass is 9.85. The van der Waals surface area contributed by atoms with Crippen LogP contribution in [0.1, 0.15) is 31.9 Å². The molecule has 2 rings (SSSR count). The number of nitrogens with one attached hydrogen (secondary N) is 2. The summed E-state index contributed by atoms with van der Waals surface area (Å²) in [5.74, 6) is 1.41. The second kappa shape index (κ2) is 11.0. The summed E-state index contributed by atoms with van der Waals surface area (Å²) in [4.78, 5) is 8.88. The van der Waals surface area contributed by atoms with E-state index in [0.29, 0.717) is 12.4 Å². The molecule has 0 saturated carbocycles. The van der Waals surface area contributed by atoms with Gasteiger partial charge in [-0.1, -0.05) is 50.2 Å². The Hall–Kier alpha value is -1.83. The third-order valence-corrected chi connectivity index (χ3v) is 4.05. The first-order valence-electron chi connectivity index (χ1n) is 8.62. The van der Waals surface area contributed by atoms with Crippen LogP contribution in [-0.4, -0.2) is 31.1 Å². The molecule has 1 aromatic heterocycles. The molecule has 0 fully saturated rings. The minimum Gasteiger partial charge on any atom is -0.481 e. The average molecular weight is 468 g/mol. The van der Waals surface area contributed by atoms with E-state index in [9.17, 15) is 0 Å². The first kappa shape index (κ1) is 22.2. The van der Waals surface area contributed by atoms with Crippen LogP contribution < -0.4 is 15.4 Å². The number of benzene rings is 1. The maximum absolute atomic E-state index is 5.29. The predicted molar refractivity (Wildman–Crippen MR) is 118 cm³/mol. The highest BCUT2D eigenvalue weighted by Gasteiger charge is 2.20. The van der Waals surface area contributed by atoms with Crippen molar-refractivity contribution in [1.29, 1.82) is 0 Å². The quantitative estimate of drug-likeness (QED) is 0.369. The molecule has 0 aliphatic rings. The molecule has 0 aliphatic carbocycles. The third-order valence-electron chi connectivity index (χ3n) is 4.05.